The van der Waals surface area contributed by atoms with Crippen LogP contribution in [0.2, 0.25) is 0 Å². The molecule has 0 unspecified atom stereocenters. The molecule has 0 spiro atoms. The summed E-state index contributed by atoms with van der Waals surface area (Å²) in [4.78, 5) is 23.8. The first kappa shape index (κ1) is 12.4. The molecule has 2 rings (SSSR count). The van der Waals surface area contributed by atoms with Gasteiger partial charge in [-0.25, -0.2) is 0 Å². The van der Waals surface area contributed by atoms with Gasteiger partial charge in [0.15, 0.2) is 0 Å². The van der Waals surface area contributed by atoms with Crippen molar-refractivity contribution in [2.45, 2.75) is 44.9 Å². The predicted molar refractivity (Wildman–Crippen MR) is 63.3 cm³/mol. The lowest BCUT2D eigenvalue weighted by atomic mass is 9.68. The zero-order valence-electron chi connectivity index (χ0n) is 10.5. The van der Waals surface area contributed by atoms with Crippen molar-refractivity contribution >= 4 is 11.9 Å². The van der Waals surface area contributed by atoms with Crippen molar-refractivity contribution in [1.29, 1.82) is 0 Å². The van der Waals surface area contributed by atoms with E-state index in [1.165, 1.54) is 32.8 Å². The van der Waals surface area contributed by atoms with Gasteiger partial charge in [0.25, 0.3) is 0 Å². The highest BCUT2D eigenvalue weighted by atomic mass is 16.5. The number of hydrogen-bond donors (Lipinski definition) is 1. The van der Waals surface area contributed by atoms with Crippen LogP contribution in [0.1, 0.15) is 44.9 Å². The lowest BCUT2D eigenvalue weighted by Gasteiger charge is -2.37. The fraction of sp³-hybridized carbons (Fsp3) is 0.846. The third-order valence-corrected chi connectivity index (χ3v) is 4.24. The zero-order valence-corrected chi connectivity index (χ0v) is 10.5. The zero-order chi connectivity index (χ0) is 12.3. The molecule has 0 aromatic carbocycles. The van der Waals surface area contributed by atoms with E-state index in [-0.39, 0.29) is 11.9 Å². The number of amides is 1. The molecule has 17 heavy (non-hydrogen) atoms. The first-order valence-electron chi connectivity index (χ1n) is 6.56. The highest BCUT2D eigenvalue weighted by Crippen LogP contribution is 2.42. The number of nitrogens with one attached hydrogen (secondary N) is 1. The minimum Gasteiger partial charge on any atom is -0.468 e. The van der Waals surface area contributed by atoms with Crippen LogP contribution < -0.4 is 5.32 Å². The van der Waals surface area contributed by atoms with Crippen molar-refractivity contribution < 1.29 is 14.3 Å². The largest absolute Gasteiger partial charge is 0.468 e. The van der Waals surface area contributed by atoms with Crippen molar-refractivity contribution in [2.24, 2.45) is 11.3 Å². The van der Waals surface area contributed by atoms with Crippen LogP contribution in [0.4, 0.5) is 0 Å². The molecule has 1 N–H and O–H groups in total. The normalized spacial score (nSPS) is 22.9. The summed E-state index contributed by atoms with van der Waals surface area (Å²) in [6.45, 7) is 0.720. The molecule has 0 radical (unpaired) electrons. The van der Waals surface area contributed by atoms with Crippen LogP contribution in [0, 0.1) is 11.3 Å². The second kappa shape index (κ2) is 5.07. The van der Waals surface area contributed by atoms with Crippen molar-refractivity contribution in [3.8, 4) is 0 Å². The Balaban J connectivity index is 1.86. The van der Waals surface area contributed by atoms with Crippen molar-refractivity contribution in [1.82, 2.24) is 5.32 Å². The molecule has 0 bridgehead atoms. The van der Waals surface area contributed by atoms with E-state index in [0.29, 0.717) is 18.8 Å². The van der Waals surface area contributed by atoms with E-state index in [0.717, 1.165) is 13.0 Å². The molecule has 4 heteroatoms. The van der Waals surface area contributed by atoms with Gasteiger partial charge in [-0.15, -0.1) is 0 Å². The molecule has 96 valence electrons. The van der Waals surface area contributed by atoms with Gasteiger partial charge in [-0.2, -0.15) is 0 Å². The topological polar surface area (TPSA) is 55.4 Å². The number of ether oxygens (including phenoxy) is 1. The van der Waals surface area contributed by atoms with Gasteiger partial charge in [-0.3, -0.25) is 9.59 Å². The summed E-state index contributed by atoms with van der Waals surface area (Å²) in [5.74, 6) is 0.115. The molecule has 0 aliphatic heterocycles. The Morgan fingerprint density at radius 1 is 1.24 bits per heavy atom. The molecular formula is C13H21NO3. The Morgan fingerprint density at radius 2 is 1.88 bits per heavy atom. The summed E-state index contributed by atoms with van der Waals surface area (Å²) in [5, 5.41) is 2.94. The lowest BCUT2D eigenvalue weighted by Crippen LogP contribution is -2.52. The molecular weight excluding hydrogens is 218 g/mol. The first-order valence-corrected chi connectivity index (χ1v) is 6.56. The van der Waals surface area contributed by atoms with Gasteiger partial charge in [0.1, 0.15) is 5.41 Å². The van der Waals surface area contributed by atoms with Gasteiger partial charge >= 0.3 is 5.97 Å². The van der Waals surface area contributed by atoms with Gasteiger partial charge in [0.2, 0.25) is 5.91 Å². The molecule has 2 aliphatic carbocycles. The average molecular weight is 239 g/mol. The van der Waals surface area contributed by atoms with Gasteiger partial charge in [0.05, 0.1) is 7.11 Å². The first-order chi connectivity index (χ1) is 8.19. The van der Waals surface area contributed by atoms with Crippen LogP contribution in [-0.4, -0.2) is 25.5 Å². The third kappa shape index (κ3) is 2.31. The smallest absolute Gasteiger partial charge is 0.321 e. The monoisotopic (exact) mass is 239 g/mol. The highest BCUT2D eigenvalue weighted by molar-refractivity contribution is 6.03. The van der Waals surface area contributed by atoms with Gasteiger partial charge in [0, 0.05) is 6.54 Å². The van der Waals surface area contributed by atoms with E-state index in [9.17, 15) is 9.59 Å². The molecule has 2 fully saturated rings. The number of methoxy groups -OCH3 is 1. The number of carbonyl (C=O) groups excluding carboxylic acids is 2. The highest BCUT2D eigenvalue weighted by Gasteiger charge is 2.51. The quantitative estimate of drug-likeness (QED) is 0.599. The Morgan fingerprint density at radius 3 is 2.35 bits per heavy atom. The minimum atomic E-state index is -0.868. The van der Waals surface area contributed by atoms with Gasteiger partial charge < -0.3 is 10.1 Å². The maximum absolute atomic E-state index is 12.1. The number of esters is 1. The SMILES string of the molecule is COC(=O)C1(C(=O)NCC2CCCC2)CCC1. The van der Waals surface area contributed by atoms with Crippen LogP contribution in [0.25, 0.3) is 0 Å². The van der Waals surface area contributed by atoms with Crippen molar-refractivity contribution in [3.63, 3.8) is 0 Å². The maximum atomic E-state index is 12.1. The van der Waals surface area contributed by atoms with Crippen LogP contribution in [0.15, 0.2) is 0 Å². The molecule has 0 heterocycles. The maximum Gasteiger partial charge on any atom is 0.321 e. The van der Waals surface area contributed by atoms with Crippen LogP contribution >= 0.6 is 0 Å². The Hall–Kier alpha value is -1.06. The molecule has 0 aromatic heterocycles. The van der Waals surface area contributed by atoms with E-state index in [2.05, 4.69) is 5.32 Å². The Kier molecular flexibility index (Phi) is 3.69. The third-order valence-electron chi connectivity index (χ3n) is 4.24. The second-order valence-corrected chi connectivity index (χ2v) is 5.29. The molecule has 2 saturated carbocycles. The second-order valence-electron chi connectivity index (χ2n) is 5.29. The van der Waals surface area contributed by atoms with Gasteiger partial charge in [-0.05, 0) is 31.6 Å². The molecule has 0 atom stereocenters. The summed E-state index contributed by atoms with van der Waals surface area (Å²) in [7, 11) is 1.35. The van der Waals surface area contributed by atoms with E-state index in [1.54, 1.807) is 0 Å². The molecule has 1 amide bonds. The van der Waals surface area contributed by atoms with E-state index >= 15 is 0 Å². The number of rotatable bonds is 4. The number of carbonyl (C=O) groups is 2. The fourth-order valence-electron chi connectivity index (χ4n) is 2.87. The summed E-state index contributed by atoms with van der Waals surface area (Å²) >= 11 is 0. The lowest BCUT2D eigenvalue weighted by molar-refractivity contribution is -0.165. The summed E-state index contributed by atoms with van der Waals surface area (Å²) in [5.41, 5.74) is -0.868. The Bertz CT molecular complexity index is 304. The van der Waals surface area contributed by atoms with Gasteiger partial charge in [-0.1, -0.05) is 19.3 Å². The number of hydrogen-bond acceptors (Lipinski definition) is 3. The van der Waals surface area contributed by atoms with Crippen LogP contribution in [0.3, 0.4) is 0 Å². The summed E-state index contributed by atoms with van der Waals surface area (Å²) in [6.07, 6.45) is 7.14. The standard InChI is InChI=1S/C13H21NO3/c1-17-12(16)13(7-4-8-13)11(15)14-9-10-5-2-3-6-10/h10H,2-9H2,1H3,(H,14,15). The Labute approximate surface area is 102 Å². The fourth-order valence-corrected chi connectivity index (χ4v) is 2.87. The molecule has 0 saturated heterocycles. The van der Waals surface area contributed by atoms with E-state index < -0.39 is 5.41 Å². The predicted octanol–water partition coefficient (Wildman–Crippen LogP) is 1.64. The minimum absolute atomic E-state index is 0.123. The van der Waals surface area contributed by atoms with Crippen LogP contribution in [-0.2, 0) is 14.3 Å². The molecule has 0 aromatic rings. The van der Waals surface area contributed by atoms with E-state index in [1.807, 2.05) is 0 Å². The molecule has 2 aliphatic rings. The van der Waals surface area contributed by atoms with Crippen molar-refractivity contribution in [2.75, 3.05) is 13.7 Å². The van der Waals surface area contributed by atoms with Crippen molar-refractivity contribution in [3.05, 3.63) is 0 Å². The summed E-state index contributed by atoms with van der Waals surface area (Å²) < 4.78 is 4.75. The van der Waals surface area contributed by atoms with E-state index in [4.69, 9.17) is 4.74 Å². The van der Waals surface area contributed by atoms with Crippen LogP contribution in [0.5, 0.6) is 0 Å². The average Bonchev–Trinajstić information content (AvgIpc) is 2.77. The summed E-state index contributed by atoms with van der Waals surface area (Å²) in [6, 6.07) is 0. The molecule has 4 nitrogen and oxygen atoms in total.